The minimum atomic E-state index is 0.386. The van der Waals surface area contributed by atoms with E-state index in [1.54, 1.807) is 18.5 Å². The molecule has 1 heterocycles. The molecular weight excluding hydrogens is 162 g/mol. The second kappa shape index (κ2) is 2.70. The van der Waals surface area contributed by atoms with Gasteiger partial charge in [-0.3, -0.25) is 4.98 Å². The smallest absolute Gasteiger partial charge is 0.156 e. The van der Waals surface area contributed by atoms with Crippen LogP contribution in [0.2, 0.25) is 5.02 Å². The Morgan fingerprint density at radius 2 is 2.36 bits per heavy atom. The summed E-state index contributed by atoms with van der Waals surface area (Å²) in [6.07, 6.45) is 5.98. The van der Waals surface area contributed by atoms with E-state index in [0.29, 0.717) is 16.9 Å². The van der Waals surface area contributed by atoms with Crippen LogP contribution in [-0.2, 0) is 0 Å². The van der Waals surface area contributed by atoms with Crippen molar-refractivity contribution in [3.8, 4) is 5.75 Å². The Kier molecular flexibility index (Phi) is 1.70. The van der Waals surface area contributed by atoms with Crippen LogP contribution in [0.1, 0.15) is 12.8 Å². The average Bonchev–Trinajstić information content (AvgIpc) is 2.78. The molecule has 0 N–H and O–H groups in total. The second-order valence-corrected chi connectivity index (χ2v) is 3.03. The maximum Gasteiger partial charge on any atom is 0.156 e. The molecule has 1 aromatic rings. The molecule has 0 aliphatic heterocycles. The first-order valence-electron chi connectivity index (χ1n) is 3.62. The summed E-state index contributed by atoms with van der Waals surface area (Å²) in [5.74, 6) is 0.705. The van der Waals surface area contributed by atoms with Gasteiger partial charge in [-0.15, -0.1) is 0 Å². The van der Waals surface area contributed by atoms with Crippen molar-refractivity contribution in [1.82, 2.24) is 4.98 Å². The Hall–Kier alpha value is -0.760. The summed E-state index contributed by atoms with van der Waals surface area (Å²) in [5.41, 5.74) is 0. The molecule has 0 unspecified atom stereocenters. The molecule has 3 heteroatoms. The lowest BCUT2D eigenvalue weighted by atomic mass is 10.4. The van der Waals surface area contributed by atoms with Gasteiger partial charge in [0.25, 0.3) is 0 Å². The summed E-state index contributed by atoms with van der Waals surface area (Å²) < 4.78 is 5.46. The summed E-state index contributed by atoms with van der Waals surface area (Å²) in [6.45, 7) is 0. The van der Waals surface area contributed by atoms with Crippen LogP contribution >= 0.6 is 11.6 Å². The highest BCUT2D eigenvalue weighted by Gasteiger charge is 2.24. The van der Waals surface area contributed by atoms with Crippen molar-refractivity contribution in [2.75, 3.05) is 0 Å². The van der Waals surface area contributed by atoms with E-state index >= 15 is 0 Å². The second-order valence-electron chi connectivity index (χ2n) is 2.62. The van der Waals surface area contributed by atoms with Crippen molar-refractivity contribution in [3.05, 3.63) is 23.5 Å². The standard InChI is InChI=1S/C8H8ClNO/c9-7-3-4-10-5-8(7)11-6-1-2-6/h3-6H,1-2H2. The van der Waals surface area contributed by atoms with E-state index < -0.39 is 0 Å². The van der Waals surface area contributed by atoms with Crippen LogP contribution in [0.15, 0.2) is 18.5 Å². The van der Waals surface area contributed by atoms with Gasteiger partial charge in [0.15, 0.2) is 5.75 Å². The summed E-state index contributed by atoms with van der Waals surface area (Å²) in [5, 5.41) is 0.645. The number of hydrogen-bond acceptors (Lipinski definition) is 2. The fourth-order valence-corrected chi connectivity index (χ4v) is 0.965. The number of aromatic nitrogens is 1. The number of hydrogen-bond donors (Lipinski definition) is 0. The number of halogens is 1. The Morgan fingerprint density at radius 1 is 1.55 bits per heavy atom. The van der Waals surface area contributed by atoms with E-state index in [1.165, 1.54) is 0 Å². The SMILES string of the molecule is Clc1ccncc1OC1CC1. The fraction of sp³-hybridized carbons (Fsp3) is 0.375. The summed E-state index contributed by atoms with van der Waals surface area (Å²) >= 11 is 5.83. The molecule has 0 spiro atoms. The lowest BCUT2D eigenvalue weighted by Crippen LogP contribution is -1.96. The minimum absolute atomic E-state index is 0.386. The van der Waals surface area contributed by atoms with Crippen molar-refractivity contribution in [3.63, 3.8) is 0 Å². The zero-order chi connectivity index (χ0) is 7.68. The first-order valence-corrected chi connectivity index (χ1v) is 4.00. The molecule has 11 heavy (non-hydrogen) atoms. The zero-order valence-corrected chi connectivity index (χ0v) is 6.71. The first-order chi connectivity index (χ1) is 5.36. The van der Waals surface area contributed by atoms with Crippen molar-refractivity contribution in [1.29, 1.82) is 0 Å². The minimum Gasteiger partial charge on any atom is -0.487 e. The third kappa shape index (κ3) is 1.63. The van der Waals surface area contributed by atoms with Gasteiger partial charge in [0.05, 0.1) is 17.3 Å². The third-order valence-corrected chi connectivity index (χ3v) is 1.86. The van der Waals surface area contributed by atoms with E-state index in [4.69, 9.17) is 16.3 Å². The molecule has 1 saturated carbocycles. The molecule has 0 radical (unpaired) electrons. The van der Waals surface area contributed by atoms with Gasteiger partial charge in [0, 0.05) is 6.20 Å². The van der Waals surface area contributed by atoms with E-state index in [9.17, 15) is 0 Å². The molecule has 0 saturated heterocycles. The van der Waals surface area contributed by atoms with Gasteiger partial charge in [-0.1, -0.05) is 11.6 Å². The molecule has 0 amide bonds. The van der Waals surface area contributed by atoms with Crippen LogP contribution in [-0.4, -0.2) is 11.1 Å². The largest absolute Gasteiger partial charge is 0.487 e. The first kappa shape index (κ1) is 6.92. The van der Waals surface area contributed by atoms with Crippen molar-refractivity contribution < 1.29 is 4.74 Å². The Balaban J connectivity index is 2.15. The van der Waals surface area contributed by atoms with Crippen molar-refractivity contribution >= 4 is 11.6 Å². The third-order valence-electron chi connectivity index (χ3n) is 1.55. The van der Waals surface area contributed by atoms with Crippen LogP contribution in [0, 0.1) is 0 Å². The Labute approximate surface area is 70.2 Å². The van der Waals surface area contributed by atoms with Crippen molar-refractivity contribution in [2.24, 2.45) is 0 Å². The topological polar surface area (TPSA) is 22.1 Å². The lowest BCUT2D eigenvalue weighted by Gasteiger charge is -2.03. The van der Waals surface area contributed by atoms with Crippen LogP contribution in [0.3, 0.4) is 0 Å². The van der Waals surface area contributed by atoms with E-state index in [-0.39, 0.29) is 0 Å². The predicted molar refractivity (Wildman–Crippen MR) is 42.9 cm³/mol. The number of pyridine rings is 1. The summed E-state index contributed by atoms with van der Waals surface area (Å²) in [7, 11) is 0. The van der Waals surface area contributed by atoms with Crippen LogP contribution in [0.4, 0.5) is 0 Å². The molecule has 2 nitrogen and oxygen atoms in total. The molecule has 1 aliphatic rings. The highest BCUT2D eigenvalue weighted by atomic mass is 35.5. The maximum atomic E-state index is 5.83. The number of rotatable bonds is 2. The molecular formula is C8H8ClNO. The molecule has 1 fully saturated rings. The Morgan fingerprint density at radius 3 is 3.00 bits per heavy atom. The molecule has 1 aliphatic carbocycles. The quantitative estimate of drug-likeness (QED) is 0.678. The van der Waals surface area contributed by atoms with Gasteiger partial charge in [-0.25, -0.2) is 0 Å². The van der Waals surface area contributed by atoms with E-state index in [2.05, 4.69) is 4.98 Å². The van der Waals surface area contributed by atoms with Gasteiger partial charge in [-0.2, -0.15) is 0 Å². The molecule has 0 atom stereocenters. The van der Waals surface area contributed by atoms with Gasteiger partial charge in [-0.05, 0) is 18.9 Å². The molecule has 58 valence electrons. The van der Waals surface area contributed by atoms with Gasteiger partial charge < -0.3 is 4.74 Å². The molecule has 0 bridgehead atoms. The van der Waals surface area contributed by atoms with Gasteiger partial charge in [0.1, 0.15) is 0 Å². The normalized spacial score (nSPS) is 16.5. The summed E-state index contributed by atoms with van der Waals surface area (Å²) in [4.78, 5) is 3.92. The average molecular weight is 170 g/mol. The van der Waals surface area contributed by atoms with E-state index in [1.807, 2.05) is 0 Å². The van der Waals surface area contributed by atoms with Crippen molar-refractivity contribution in [2.45, 2.75) is 18.9 Å². The lowest BCUT2D eigenvalue weighted by molar-refractivity contribution is 0.302. The van der Waals surface area contributed by atoms with Gasteiger partial charge >= 0.3 is 0 Å². The van der Waals surface area contributed by atoms with Crippen LogP contribution in [0.5, 0.6) is 5.75 Å². The zero-order valence-electron chi connectivity index (χ0n) is 5.96. The van der Waals surface area contributed by atoms with E-state index in [0.717, 1.165) is 12.8 Å². The molecule has 2 rings (SSSR count). The fourth-order valence-electron chi connectivity index (χ4n) is 0.815. The maximum absolute atomic E-state index is 5.83. The highest BCUT2D eigenvalue weighted by Crippen LogP contribution is 2.30. The monoisotopic (exact) mass is 169 g/mol. The number of ether oxygens (including phenoxy) is 1. The van der Waals surface area contributed by atoms with Gasteiger partial charge in [0.2, 0.25) is 0 Å². The highest BCUT2D eigenvalue weighted by molar-refractivity contribution is 6.31. The summed E-state index contributed by atoms with van der Waals surface area (Å²) in [6, 6.07) is 1.74. The van der Waals surface area contributed by atoms with Crippen LogP contribution in [0.25, 0.3) is 0 Å². The van der Waals surface area contributed by atoms with Crippen LogP contribution < -0.4 is 4.74 Å². The number of nitrogens with zero attached hydrogens (tertiary/aromatic N) is 1. The Bertz CT molecular complexity index is 260. The predicted octanol–water partition coefficient (Wildman–Crippen LogP) is 2.28. The molecule has 0 aromatic carbocycles. The molecule has 1 aromatic heterocycles.